The second kappa shape index (κ2) is 64.1. The van der Waals surface area contributed by atoms with Gasteiger partial charge < -0.3 is 130 Å². The van der Waals surface area contributed by atoms with Crippen molar-refractivity contribution in [3.63, 3.8) is 0 Å². The van der Waals surface area contributed by atoms with Crippen LogP contribution in [-0.2, 0) is 62.3 Å². The molecule has 0 saturated heterocycles. The van der Waals surface area contributed by atoms with E-state index in [1.54, 1.807) is 83.0 Å². The van der Waals surface area contributed by atoms with Crippen molar-refractivity contribution in [2.75, 3.05) is 202 Å². The summed E-state index contributed by atoms with van der Waals surface area (Å²) < 4.78 is 89.4. The van der Waals surface area contributed by atoms with Gasteiger partial charge in [-0.2, -0.15) is 0 Å². The summed E-state index contributed by atoms with van der Waals surface area (Å²) in [7, 11) is 6.39. The zero-order valence-corrected chi connectivity index (χ0v) is 111. The predicted molar refractivity (Wildman–Crippen MR) is 548 cm³/mol. The Hall–Kier alpha value is -6.71. The van der Waals surface area contributed by atoms with Crippen LogP contribution in [0.5, 0.6) is 23.0 Å². The topological polar surface area (TPSA) is 318 Å². The van der Waals surface area contributed by atoms with E-state index in [9.17, 15) is 39.6 Å². The molecule has 149 heavy (non-hydrogen) atoms. The Morgan fingerprint density at radius 2 is 0.409 bits per heavy atom. The molecule has 1 aliphatic carbocycles. The molecule has 1 aliphatic rings. The predicted octanol–water partition coefficient (Wildman–Crippen LogP) is 5.47. The van der Waals surface area contributed by atoms with Crippen molar-refractivity contribution in [2.45, 2.75) is 12.3 Å². The Labute approximate surface area is 1100 Å². The molecule has 1 unspecified atom stereocenters. The fourth-order valence-corrected chi connectivity index (χ4v) is 17.3. The Balaban J connectivity index is 0.00000527. The van der Waals surface area contributed by atoms with Crippen LogP contribution in [-0.4, -0.2) is 211 Å². The Morgan fingerprint density at radius 1 is 0.215 bits per heavy atom. The Morgan fingerprint density at radius 3 is 0.651 bits per heavy atom. The molecule has 15 rings (SSSR count). The van der Waals surface area contributed by atoms with Gasteiger partial charge in [-0.05, 0) is 242 Å². The monoisotopic (exact) mass is 2490 g/mol. The molecule has 750 valence electrons. The van der Waals surface area contributed by atoms with Gasteiger partial charge in [0.1, 0.15) is 49.4 Å². The van der Waals surface area contributed by atoms with E-state index in [1.807, 2.05) is 215 Å². The van der Waals surface area contributed by atoms with Crippen molar-refractivity contribution in [1.29, 1.82) is 0 Å². The van der Waals surface area contributed by atoms with Gasteiger partial charge in [0.15, 0.2) is 0 Å². The molecule has 0 bridgehead atoms. The van der Waals surface area contributed by atoms with Gasteiger partial charge in [0.05, 0.1) is 156 Å². The van der Waals surface area contributed by atoms with Crippen molar-refractivity contribution in [3.8, 4) is 89.8 Å². The minimum Gasteiger partial charge on any atom is -0.545 e. The van der Waals surface area contributed by atoms with Gasteiger partial charge in [0.25, 0.3) is 0 Å². The molecule has 0 aromatic heterocycles. The molecule has 0 saturated carbocycles. The van der Waals surface area contributed by atoms with Crippen LogP contribution in [0.4, 0.5) is 51.2 Å². The number of hydrogen-bond acceptors (Lipinski definition) is 27. The number of carboxylic acids is 4. The van der Waals surface area contributed by atoms with Gasteiger partial charge in [0.2, 0.25) is 0 Å². The molecule has 0 N–H and O–H groups in total. The fourth-order valence-electron chi connectivity index (χ4n) is 17.3. The van der Waals surface area contributed by atoms with Gasteiger partial charge in [0, 0.05) is 107 Å². The molecule has 0 amide bonds. The van der Waals surface area contributed by atoms with E-state index in [0.29, 0.717) is 151 Å². The largest absolute Gasteiger partial charge is 1.00 e. The van der Waals surface area contributed by atoms with E-state index < -0.39 is 29.3 Å². The third kappa shape index (κ3) is 33.7. The summed E-state index contributed by atoms with van der Waals surface area (Å²) >= 11 is 0. The maximum absolute atomic E-state index is 13.3. The molecule has 0 fully saturated rings. The summed E-state index contributed by atoms with van der Waals surface area (Å²) in [4.78, 5) is 58.6. The van der Waals surface area contributed by atoms with Gasteiger partial charge in [-0.1, -0.05) is 164 Å². The van der Waals surface area contributed by atoms with Crippen molar-refractivity contribution in [3.05, 3.63) is 354 Å². The van der Waals surface area contributed by atoms with Crippen LogP contribution in [0.25, 0.3) is 66.8 Å². The molecular weight excluding hydrogens is 2370 g/mol. The summed E-state index contributed by atoms with van der Waals surface area (Å²) in [6.45, 7) is 9.20. The zero-order chi connectivity index (χ0) is 101. The maximum atomic E-state index is 13.3. The van der Waals surface area contributed by atoms with E-state index in [4.69, 9.17) is 75.8 Å². The molecule has 14 aromatic rings. The van der Waals surface area contributed by atoms with Gasteiger partial charge in [-0.3, -0.25) is 0 Å². The number of carboxylic acid groups (broad SMARTS) is 4. The SMILES string of the molecule is COCCOCCOCCOc1ccc(N(c2ccc(-c3ccccc3)cc2)c2ccc(-c3ccc(N(c4ccc(-c5ccc(N(c6ccc(-c7ccc8c(c7)C(C)(c7ccc(OCCOCCOCCOC)c(C(=O)[O-])c7)c7cc(-c9ccccc9)ccc7-8)cc6)c6ccc(OCCOCCOCCOC)c(C(=O)[O-])c6)cc5)cc4)c4ccc(OCCOCCOCCOC)c(C(=O)[O-])c4)cc3)cc2)cc1C(=O)[O-].[Cs+].[Cs+].[Cs+].[Cs+]. The second-order valence-electron chi connectivity index (χ2n) is 33.8. The van der Waals surface area contributed by atoms with E-state index >= 15 is 0 Å². The Bertz CT molecular complexity index is 6580. The van der Waals surface area contributed by atoms with Gasteiger partial charge in [-0.15, -0.1) is 0 Å². The molecule has 14 aromatic carbocycles. The fraction of sp³-hybridized carbons (Fsp3) is 0.254. The quantitative estimate of drug-likeness (QED) is 0.0427. The number of methoxy groups -OCH3 is 4. The third-order valence-corrected chi connectivity index (χ3v) is 24.6. The first-order valence-corrected chi connectivity index (χ1v) is 48.0. The van der Waals surface area contributed by atoms with Crippen LogP contribution in [0, 0.1) is 0 Å². The second-order valence-corrected chi connectivity index (χ2v) is 33.8. The molecule has 1 atom stereocenters. The van der Waals surface area contributed by atoms with Crippen LogP contribution in [0.15, 0.2) is 315 Å². The summed E-state index contributed by atoms with van der Waals surface area (Å²) in [6, 6.07) is 100. The average Bonchev–Trinajstić information content (AvgIpc) is 1.55. The number of aromatic carboxylic acids is 4. The van der Waals surface area contributed by atoms with Gasteiger partial charge in [-0.25, -0.2) is 0 Å². The number of ether oxygens (including phenoxy) is 16. The number of anilines is 9. The minimum absolute atomic E-state index is 0. The van der Waals surface area contributed by atoms with Crippen LogP contribution >= 0.6 is 0 Å². The smallest absolute Gasteiger partial charge is 0.545 e. The first-order valence-electron chi connectivity index (χ1n) is 48.0. The summed E-state index contributed by atoms with van der Waals surface area (Å²) in [5.41, 5.74) is 17.8. The summed E-state index contributed by atoms with van der Waals surface area (Å²) in [6.07, 6.45) is 0. The number of hydrogen-bond donors (Lipinski definition) is 0. The van der Waals surface area contributed by atoms with Crippen molar-refractivity contribution < 1.29 is 391 Å². The van der Waals surface area contributed by atoms with Crippen LogP contribution in [0.2, 0.25) is 0 Å². The number of fused-ring (bicyclic) bond motifs is 3. The molecular formula is C118H115Cs4N3O24. The van der Waals surface area contributed by atoms with Crippen molar-refractivity contribution in [2.24, 2.45) is 0 Å². The maximum Gasteiger partial charge on any atom is 1.00 e. The number of nitrogens with zero attached hydrogens (tertiary/aromatic N) is 3. The minimum atomic E-state index is -1.46. The molecule has 27 nitrogen and oxygen atoms in total. The summed E-state index contributed by atoms with van der Waals surface area (Å²) in [5.74, 6) is -5.28. The van der Waals surface area contributed by atoms with Crippen LogP contribution in [0.3, 0.4) is 0 Å². The standard InChI is InChI=1S/C118H119N3O24.4Cs/c1-118(92-30-48-110(104(78-92)114(122)123)142-72-68-138-64-60-134-56-52-130-2)108-76-90(83-14-10-7-11-15-83)28-46-102(108)103-47-29-91(77-109(103)118)89-26-41-98(42-27-89)121(101-45-51-113(107(81-101)117(128)129)145-75-71-141-67-63-137-59-55-133-5)97-39-24-88(25-40-97)87-22-37-96(38-23-87)120(100-44-50-112(106(80-100)116(126)127)144-74-70-140-66-62-136-58-54-132-4)95-35-20-86(21-36-95)85-18-33-94(34-19-85)119(93-31-16-84(17-32-93)82-12-8-6-9-13-82)99-43-49-111(105(79-99)115(124)125)143-73-69-139-65-61-135-57-53-131-3;;;;/h6-51,76-81H,52-75H2,1-5H3,(H,122,123)(H,124,125)(H,126,127)(H,128,129);;;;/q;4*+1/p-4. The number of benzene rings is 14. The molecule has 0 aliphatic heterocycles. The van der Waals surface area contributed by atoms with E-state index in [-0.39, 0.29) is 374 Å². The molecule has 0 spiro atoms. The average molecular weight is 2490 g/mol. The van der Waals surface area contributed by atoms with Gasteiger partial charge >= 0.3 is 276 Å². The van der Waals surface area contributed by atoms with Crippen LogP contribution in [0.1, 0.15) is 65.0 Å². The van der Waals surface area contributed by atoms with E-state index in [0.717, 1.165) is 89.3 Å². The van der Waals surface area contributed by atoms with E-state index in [1.165, 1.54) is 12.1 Å². The van der Waals surface area contributed by atoms with Crippen molar-refractivity contribution >= 4 is 75.1 Å². The number of carbonyl (C=O) groups excluding carboxylic acids is 4. The zero-order valence-electron chi connectivity index (χ0n) is 85.6. The summed E-state index contributed by atoms with van der Waals surface area (Å²) in [5, 5.41) is 52.8. The first-order chi connectivity index (χ1) is 71.0. The third-order valence-electron chi connectivity index (χ3n) is 24.6. The van der Waals surface area contributed by atoms with Crippen molar-refractivity contribution in [1.82, 2.24) is 0 Å². The number of carbonyl (C=O) groups is 4. The Kier molecular flexibility index (Phi) is 52.7. The normalized spacial score (nSPS) is 12.1. The molecule has 0 radical (unpaired) electrons. The molecule has 0 heterocycles. The first kappa shape index (κ1) is 122. The van der Waals surface area contributed by atoms with Crippen LogP contribution < -0.4 is 330 Å². The molecule has 31 heteroatoms. The number of rotatable bonds is 59. The van der Waals surface area contributed by atoms with E-state index in [2.05, 4.69) is 55.5 Å².